The van der Waals surface area contributed by atoms with Gasteiger partial charge in [-0.2, -0.15) is 0 Å². The molecule has 0 fully saturated rings. The van der Waals surface area contributed by atoms with Gasteiger partial charge < -0.3 is 21.7 Å². The number of benzene rings is 2. The maximum atomic E-state index is 12.3. The lowest BCUT2D eigenvalue weighted by Gasteiger charge is -2.07. The van der Waals surface area contributed by atoms with E-state index in [1.54, 1.807) is 6.07 Å². The molecule has 1 atom stereocenters. The lowest BCUT2D eigenvalue weighted by atomic mass is 10.1. The van der Waals surface area contributed by atoms with Crippen LogP contribution in [0.25, 0.3) is 11.0 Å². The predicted octanol–water partition coefficient (Wildman–Crippen LogP) is 5.03. The van der Waals surface area contributed by atoms with Crippen molar-refractivity contribution in [3.05, 3.63) is 81.7 Å². The fourth-order valence-electron chi connectivity index (χ4n) is 2.70. The Kier molecular flexibility index (Phi) is 7.67. The van der Waals surface area contributed by atoms with Gasteiger partial charge in [-0.15, -0.1) is 0 Å². The second kappa shape index (κ2) is 9.78. The van der Waals surface area contributed by atoms with Crippen LogP contribution in [0.2, 0.25) is 0 Å². The van der Waals surface area contributed by atoms with Gasteiger partial charge in [0.05, 0.1) is 6.26 Å². The van der Waals surface area contributed by atoms with Crippen LogP contribution in [0.1, 0.15) is 21.5 Å². The molecule has 0 aliphatic carbocycles. The number of hydrogen-bond donors (Lipinski definition) is 0. The smallest absolute Gasteiger partial charge is 0.423 e. The SMILES string of the molecule is Cc1ccc2c(C[S+](C)CC(=O)c3ccccc3)cc(=O)oc2c1.F[B-](F)(F)F. The lowest BCUT2D eigenvalue weighted by molar-refractivity contribution is 0.102. The molecule has 1 unspecified atom stereocenters. The molecule has 1 heterocycles. The monoisotopic (exact) mass is 426 g/mol. The summed E-state index contributed by atoms with van der Waals surface area (Å²) in [6.45, 7) is 1.97. The number of fused-ring (bicyclic) bond motifs is 1. The van der Waals surface area contributed by atoms with Gasteiger partial charge in [-0.25, -0.2) is 4.79 Å². The van der Waals surface area contributed by atoms with E-state index in [-0.39, 0.29) is 22.3 Å². The van der Waals surface area contributed by atoms with Crippen molar-refractivity contribution in [1.29, 1.82) is 0 Å². The first kappa shape index (κ1) is 22.7. The summed E-state index contributed by atoms with van der Waals surface area (Å²) in [4.78, 5) is 24.2. The van der Waals surface area contributed by atoms with Gasteiger partial charge in [0.1, 0.15) is 11.3 Å². The Morgan fingerprint density at radius 2 is 1.66 bits per heavy atom. The van der Waals surface area contributed by atoms with Gasteiger partial charge in [0.2, 0.25) is 5.78 Å². The number of carbonyl (C=O) groups is 1. The molecule has 0 N–H and O–H groups in total. The van der Waals surface area contributed by atoms with Crippen LogP contribution in [-0.2, 0) is 16.6 Å². The Balaban J connectivity index is 0.000000537. The molecule has 0 bridgehead atoms. The molecule has 154 valence electrons. The number of carbonyl (C=O) groups excluding carboxylic acids is 1. The molecule has 3 aromatic rings. The minimum atomic E-state index is -6.00. The molecular formula is C20H19BF4O3S. The molecular weight excluding hydrogens is 407 g/mol. The summed E-state index contributed by atoms with van der Waals surface area (Å²) in [5.74, 6) is 1.32. The van der Waals surface area contributed by atoms with Crippen LogP contribution in [0.3, 0.4) is 0 Å². The average molecular weight is 426 g/mol. The van der Waals surface area contributed by atoms with Crippen molar-refractivity contribution in [1.82, 2.24) is 0 Å². The molecule has 0 radical (unpaired) electrons. The highest BCUT2D eigenvalue weighted by atomic mass is 32.2. The maximum Gasteiger partial charge on any atom is 0.673 e. The fourth-order valence-corrected chi connectivity index (χ4v) is 4.19. The molecule has 2 aromatic carbocycles. The van der Waals surface area contributed by atoms with E-state index in [0.717, 1.165) is 22.1 Å². The number of Topliss-reactive ketones (excluding diaryl/α,β-unsaturated/α-hetero) is 1. The zero-order chi connectivity index (χ0) is 21.6. The minimum absolute atomic E-state index is 0.143. The van der Waals surface area contributed by atoms with Crippen LogP contribution in [-0.4, -0.2) is 25.0 Å². The summed E-state index contributed by atoms with van der Waals surface area (Å²) in [6, 6.07) is 16.8. The van der Waals surface area contributed by atoms with Gasteiger partial charge in [-0.05, 0) is 29.4 Å². The highest BCUT2D eigenvalue weighted by molar-refractivity contribution is 7.96. The van der Waals surface area contributed by atoms with E-state index in [1.807, 2.05) is 55.5 Å². The Labute approximate surface area is 168 Å². The highest BCUT2D eigenvalue weighted by Gasteiger charge is 2.21. The summed E-state index contributed by atoms with van der Waals surface area (Å²) in [7, 11) is -6.15. The van der Waals surface area contributed by atoms with Crippen LogP contribution in [0.15, 0.2) is 63.8 Å². The zero-order valence-corrected chi connectivity index (χ0v) is 16.6. The normalized spacial score (nSPS) is 12.2. The van der Waals surface area contributed by atoms with E-state index in [0.29, 0.717) is 17.1 Å². The number of halogens is 4. The fraction of sp³-hybridized carbons (Fsp3) is 0.200. The van der Waals surface area contributed by atoms with Gasteiger partial charge in [-0.1, -0.05) is 42.5 Å². The van der Waals surface area contributed by atoms with E-state index < -0.39 is 7.25 Å². The number of ketones is 1. The van der Waals surface area contributed by atoms with Crippen molar-refractivity contribution in [3.8, 4) is 0 Å². The van der Waals surface area contributed by atoms with Crippen LogP contribution < -0.4 is 5.63 Å². The Morgan fingerprint density at radius 1 is 1.03 bits per heavy atom. The van der Waals surface area contributed by atoms with Gasteiger partial charge in [0, 0.05) is 22.6 Å². The van der Waals surface area contributed by atoms with Crippen molar-refractivity contribution < 1.29 is 26.5 Å². The summed E-state index contributed by atoms with van der Waals surface area (Å²) >= 11 is 0. The second-order valence-corrected chi connectivity index (χ2v) is 8.58. The topological polar surface area (TPSA) is 47.3 Å². The molecule has 0 aliphatic heterocycles. The van der Waals surface area contributed by atoms with Gasteiger partial charge in [0.15, 0.2) is 5.75 Å². The van der Waals surface area contributed by atoms with Gasteiger partial charge >= 0.3 is 12.9 Å². The van der Waals surface area contributed by atoms with Crippen molar-refractivity contribution in [2.24, 2.45) is 0 Å². The van der Waals surface area contributed by atoms with Crippen LogP contribution >= 0.6 is 0 Å². The first-order valence-corrected chi connectivity index (χ1v) is 10.6. The van der Waals surface area contributed by atoms with E-state index >= 15 is 0 Å². The largest absolute Gasteiger partial charge is 0.673 e. The third kappa shape index (κ3) is 7.77. The van der Waals surface area contributed by atoms with Crippen molar-refractivity contribution in [2.75, 3.05) is 12.0 Å². The Morgan fingerprint density at radius 3 is 2.28 bits per heavy atom. The van der Waals surface area contributed by atoms with E-state index in [1.165, 1.54) is 0 Å². The summed E-state index contributed by atoms with van der Waals surface area (Å²) in [5, 5.41) is 0.951. The molecule has 0 aliphatic rings. The third-order valence-electron chi connectivity index (χ3n) is 3.86. The molecule has 0 saturated carbocycles. The van der Waals surface area contributed by atoms with Gasteiger partial charge in [0.25, 0.3) is 0 Å². The predicted molar refractivity (Wildman–Crippen MR) is 110 cm³/mol. The standard InChI is InChI=1S/C20H19O3S.BF4/c1-14-8-9-17-16(11-20(22)23-19(17)10-14)12-24(2)13-18(21)15-6-4-3-5-7-15;2-1(3,4)5/h3-11H,12-13H2,1-2H3;/q+1;-1. The summed E-state index contributed by atoms with van der Waals surface area (Å²) in [5.41, 5.74) is 3.02. The quantitative estimate of drug-likeness (QED) is 0.189. The Hall–Kier alpha value is -2.55. The average Bonchev–Trinajstić information content (AvgIpc) is 2.60. The molecule has 3 rings (SSSR count). The zero-order valence-electron chi connectivity index (χ0n) is 15.8. The first-order chi connectivity index (χ1) is 13.5. The molecule has 0 saturated heterocycles. The van der Waals surface area contributed by atoms with Crippen molar-refractivity contribution >= 4 is 34.9 Å². The number of rotatable bonds is 5. The molecule has 3 nitrogen and oxygen atoms in total. The highest BCUT2D eigenvalue weighted by Crippen LogP contribution is 2.21. The summed E-state index contributed by atoms with van der Waals surface area (Å²) in [6.07, 6.45) is 2.06. The number of aryl methyl sites for hydroxylation is 1. The van der Waals surface area contributed by atoms with E-state index in [9.17, 15) is 26.9 Å². The van der Waals surface area contributed by atoms with Crippen molar-refractivity contribution in [2.45, 2.75) is 12.7 Å². The summed E-state index contributed by atoms with van der Waals surface area (Å²) < 4.78 is 44.3. The minimum Gasteiger partial charge on any atom is -0.423 e. The maximum absolute atomic E-state index is 12.3. The van der Waals surface area contributed by atoms with E-state index in [2.05, 4.69) is 6.26 Å². The van der Waals surface area contributed by atoms with E-state index in [4.69, 9.17) is 4.42 Å². The molecule has 9 heteroatoms. The van der Waals surface area contributed by atoms with Crippen LogP contribution in [0, 0.1) is 6.92 Å². The Bertz CT molecular complexity index is 1030. The second-order valence-electron chi connectivity index (χ2n) is 6.44. The van der Waals surface area contributed by atoms with Crippen LogP contribution in [0.4, 0.5) is 17.3 Å². The molecule has 29 heavy (non-hydrogen) atoms. The van der Waals surface area contributed by atoms with Crippen LogP contribution in [0.5, 0.6) is 0 Å². The van der Waals surface area contributed by atoms with Crippen molar-refractivity contribution in [3.63, 3.8) is 0 Å². The first-order valence-electron chi connectivity index (χ1n) is 8.61. The molecule has 0 spiro atoms. The molecule has 1 aromatic heterocycles. The number of hydrogen-bond acceptors (Lipinski definition) is 3. The molecule has 0 amide bonds. The third-order valence-corrected chi connectivity index (χ3v) is 5.42. The lowest BCUT2D eigenvalue weighted by Crippen LogP contribution is -2.18. The van der Waals surface area contributed by atoms with Gasteiger partial charge in [-0.3, -0.25) is 4.79 Å².